The molecule has 0 saturated carbocycles. The van der Waals surface area contributed by atoms with Crippen molar-refractivity contribution in [3.63, 3.8) is 0 Å². The number of carbonyl (C=O) groups is 1. The molecule has 0 radical (unpaired) electrons. The highest BCUT2D eigenvalue weighted by Gasteiger charge is 2.19. The van der Waals surface area contributed by atoms with Crippen LogP contribution < -0.4 is 10.1 Å². The molecule has 138 valence electrons. The lowest BCUT2D eigenvalue weighted by Crippen LogP contribution is -2.47. The number of amides is 2. The van der Waals surface area contributed by atoms with Crippen LogP contribution in [-0.4, -0.2) is 50.9 Å². The maximum absolute atomic E-state index is 12.4. The highest BCUT2D eigenvalue weighted by molar-refractivity contribution is 5.74. The number of nitrogens with one attached hydrogen (secondary N) is 1. The molecule has 1 aliphatic heterocycles. The van der Waals surface area contributed by atoms with E-state index in [1.807, 2.05) is 35.2 Å². The number of morpholine rings is 1. The Morgan fingerprint density at radius 3 is 2.46 bits per heavy atom. The SMILES string of the molecule is COc1ccc(CC(CNC(=O)N2CCOCC2)c2ccccc2)cc1. The van der Waals surface area contributed by atoms with Gasteiger partial charge >= 0.3 is 6.03 Å². The highest BCUT2D eigenvalue weighted by Crippen LogP contribution is 2.22. The molecule has 0 bridgehead atoms. The first-order valence-electron chi connectivity index (χ1n) is 9.04. The van der Waals surface area contributed by atoms with Gasteiger partial charge in [0, 0.05) is 25.6 Å². The number of carbonyl (C=O) groups excluding carboxylic acids is 1. The van der Waals surface area contributed by atoms with E-state index < -0.39 is 0 Å². The number of rotatable bonds is 6. The fraction of sp³-hybridized carbons (Fsp3) is 0.381. The number of benzene rings is 2. The summed E-state index contributed by atoms with van der Waals surface area (Å²) in [6.45, 7) is 3.13. The molecule has 1 fully saturated rings. The van der Waals surface area contributed by atoms with Crippen molar-refractivity contribution in [2.45, 2.75) is 12.3 Å². The summed E-state index contributed by atoms with van der Waals surface area (Å²) in [6, 6.07) is 18.4. The summed E-state index contributed by atoms with van der Waals surface area (Å²) in [5.74, 6) is 1.07. The van der Waals surface area contributed by atoms with Crippen LogP contribution in [-0.2, 0) is 11.2 Å². The Morgan fingerprint density at radius 1 is 1.12 bits per heavy atom. The fourth-order valence-electron chi connectivity index (χ4n) is 3.17. The number of urea groups is 1. The van der Waals surface area contributed by atoms with Crippen LogP contribution in [0.4, 0.5) is 4.79 Å². The van der Waals surface area contributed by atoms with E-state index in [0.717, 1.165) is 12.2 Å². The molecule has 0 aliphatic carbocycles. The number of hydrogen-bond acceptors (Lipinski definition) is 3. The van der Waals surface area contributed by atoms with E-state index in [4.69, 9.17) is 9.47 Å². The molecule has 0 aromatic heterocycles. The summed E-state index contributed by atoms with van der Waals surface area (Å²) in [7, 11) is 1.67. The molecule has 2 aromatic rings. The monoisotopic (exact) mass is 354 g/mol. The molecule has 1 unspecified atom stereocenters. The van der Waals surface area contributed by atoms with Gasteiger partial charge in [-0.3, -0.25) is 0 Å². The molecule has 2 amide bonds. The van der Waals surface area contributed by atoms with Crippen LogP contribution in [0.3, 0.4) is 0 Å². The predicted octanol–water partition coefficient (Wildman–Crippen LogP) is 3.06. The lowest BCUT2D eigenvalue weighted by molar-refractivity contribution is 0.0531. The van der Waals surface area contributed by atoms with E-state index in [1.54, 1.807) is 7.11 Å². The summed E-state index contributed by atoms with van der Waals surface area (Å²) in [6.07, 6.45) is 0.859. The second-order valence-electron chi connectivity index (χ2n) is 6.45. The third-order valence-corrected chi connectivity index (χ3v) is 4.71. The molecular weight excluding hydrogens is 328 g/mol. The quantitative estimate of drug-likeness (QED) is 0.867. The molecule has 5 nitrogen and oxygen atoms in total. The van der Waals surface area contributed by atoms with Crippen LogP contribution in [0.15, 0.2) is 54.6 Å². The molecule has 26 heavy (non-hydrogen) atoms. The molecule has 3 rings (SSSR count). The molecule has 1 atom stereocenters. The van der Waals surface area contributed by atoms with Crippen LogP contribution >= 0.6 is 0 Å². The van der Waals surface area contributed by atoms with Gasteiger partial charge in [0.25, 0.3) is 0 Å². The second-order valence-corrected chi connectivity index (χ2v) is 6.45. The lowest BCUT2D eigenvalue weighted by atomic mass is 9.92. The predicted molar refractivity (Wildman–Crippen MR) is 102 cm³/mol. The van der Waals surface area contributed by atoms with Gasteiger partial charge in [-0.25, -0.2) is 4.79 Å². The Labute approximate surface area is 154 Å². The molecule has 1 aliphatic rings. The lowest BCUT2D eigenvalue weighted by Gasteiger charge is -2.28. The molecule has 1 N–H and O–H groups in total. The topological polar surface area (TPSA) is 50.8 Å². The van der Waals surface area contributed by atoms with Crippen molar-refractivity contribution >= 4 is 6.03 Å². The van der Waals surface area contributed by atoms with Crippen molar-refractivity contribution in [1.82, 2.24) is 10.2 Å². The largest absolute Gasteiger partial charge is 0.497 e. The van der Waals surface area contributed by atoms with E-state index in [0.29, 0.717) is 32.8 Å². The van der Waals surface area contributed by atoms with Gasteiger partial charge in [0.15, 0.2) is 0 Å². The van der Waals surface area contributed by atoms with Crippen LogP contribution in [0, 0.1) is 0 Å². The van der Waals surface area contributed by atoms with Crippen LogP contribution in [0.25, 0.3) is 0 Å². The van der Waals surface area contributed by atoms with E-state index in [-0.39, 0.29) is 11.9 Å². The third-order valence-electron chi connectivity index (χ3n) is 4.71. The first kappa shape index (κ1) is 18.3. The zero-order valence-corrected chi connectivity index (χ0v) is 15.2. The fourth-order valence-corrected chi connectivity index (χ4v) is 3.17. The van der Waals surface area contributed by atoms with Crippen molar-refractivity contribution < 1.29 is 14.3 Å². The van der Waals surface area contributed by atoms with Gasteiger partial charge in [-0.2, -0.15) is 0 Å². The Hall–Kier alpha value is -2.53. The maximum atomic E-state index is 12.4. The minimum atomic E-state index is -0.0102. The van der Waals surface area contributed by atoms with Crippen LogP contribution in [0.5, 0.6) is 5.75 Å². The molecule has 0 spiro atoms. The summed E-state index contributed by atoms with van der Waals surface area (Å²) < 4.78 is 10.5. The standard InChI is InChI=1S/C21H26N2O3/c1-25-20-9-7-17(8-10-20)15-19(18-5-3-2-4-6-18)16-22-21(24)23-11-13-26-14-12-23/h2-10,19H,11-16H2,1H3,(H,22,24). The van der Waals surface area contributed by atoms with Crippen LogP contribution in [0.2, 0.25) is 0 Å². The van der Waals surface area contributed by atoms with Crippen molar-refractivity contribution in [1.29, 1.82) is 0 Å². The van der Waals surface area contributed by atoms with Gasteiger partial charge < -0.3 is 19.7 Å². The highest BCUT2D eigenvalue weighted by atomic mass is 16.5. The average Bonchev–Trinajstić information content (AvgIpc) is 2.72. The van der Waals surface area contributed by atoms with Crippen molar-refractivity contribution in [2.24, 2.45) is 0 Å². The number of methoxy groups -OCH3 is 1. The summed E-state index contributed by atoms with van der Waals surface area (Å²) in [5.41, 5.74) is 2.45. The van der Waals surface area contributed by atoms with Gasteiger partial charge in [-0.1, -0.05) is 42.5 Å². The molecule has 1 saturated heterocycles. The molecule has 2 aromatic carbocycles. The van der Waals surface area contributed by atoms with Crippen molar-refractivity contribution in [3.05, 3.63) is 65.7 Å². The molecule has 5 heteroatoms. The van der Waals surface area contributed by atoms with Gasteiger partial charge in [0.05, 0.1) is 20.3 Å². The summed E-state index contributed by atoms with van der Waals surface area (Å²) in [4.78, 5) is 14.2. The Kier molecular flexibility index (Phi) is 6.50. The van der Waals surface area contributed by atoms with E-state index in [1.165, 1.54) is 11.1 Å². The number of hydrogen-bond donors (Lipinski definition) is 1. The Balaban J connectivity index is 1.66. The number of nitrogens with zero attached hydrogens (tertiary/aromatic N) is 1. The van der Waals surface area contributed by atoms with Crippen LogP contribution in [0.1, 0.15) is 17.0 Å². The van der Waals surface area contributed by atoms with E-state index >= 15 is 0 Å². The Bertz CT molecular complexity index is 682. The smallest absolute Gasteiger partial charge is 0.317 e. The average molecular weight is 354 g/mol. The van der Waals surface area contributed by atoms with Crippen molar-refractivity contribution in [3.8, 4) is 5.75 Å². The Morgan fingerprint density at radius 2 is 1.81 bits per heavy atom. The van der Waals surface area contributed by atoms with E-state index in [9.17, 15) is 4.79 Å². The first-order valence-corrected chi connectivity index (χ1v) is 9.04. The normalized spacial score (nSPS) is 15.3. The van der Waals surface area contributed by atoms with Gasteiger partial charge in [-0.05, 0) is 29.7 Å². The minimum Gasteiger partial charge on any atom is -0.497 e. The second kappa shape index (κ2) is 9.25. The van der Waals surface area contributed by atoms with Gasteiger partial charge in [0.1, 0.15) is 5.75 Å². The first-order chi connectivity index (χ1) is 12.8. The minimum absolute atomic E-state index is 0.0102. The zero-order valence-electron chi connectivity index (χ0n) is 15.2. The zero-order chi connectivity index (χ0) is 18.2. The van der Waals surface area contributed by atoms with Gasteiger partial charge in [-0.15, -0.1) is 0 Å². The summed E-state index contributed by atoms with van der Waals surface area (Å²) in [5, 5.41) is 3.10. The third kappa shape index (κ3) is 4.99. The maximum Gasteiger partial charge on any atom is 0.317 e. The number of ether oxygens (including phenoxy) is 2. The molecular formula is C21H26N2O3. The summed E-state index contributed by atoms with van der Waals surface area (Å²) >= 11 is 0. The van der Waals surface area contributed by atoms with E-state index in [2.05, 4.69) is 29.6 Å². The van der Waals surface area contributed by atoms with Gasteiger partial charge in [0.2, 0.25) is 0 Å². The van der Waals surface area contributed by atoms with Crippen molar-refractivity contribution in [2.75, 3.05) is 40.0 Å². The molecule has 1 heterocycles.